The summed E-state index contributed by atoms with van der Waals surface area (Å²) in [6.45, 7) is 10.4. The number of furan rings is 1. The van der Waals surface area contributed by atoms with Gasteiger partial charge in [0.05, 0.1) is 5.58 Å². The van der Waals surface area contributed by atoms with Gasteiger partial charge in [0.25, 0.3) is 0 Å². The van der Waals surface area contributed by atoms with Crippen LogP contribution in [0.25, 0.3) is 55.7 Å². The number of hydrogen-bond donors (Lipinski definition) is 0. The Labute approximate surface area is 276 Å². The fourth-order valence-corrected chi connectivity index (χ4v) is 5.03. The molecule has 0 aliphatic carbocycles. The fourth-order valence-electron chi connectivity index (χ4n) is 5.03. The molecule has 7 aromatic rings. The average molecular weight is 770 g/mol. The van der Waals surface area contributed by atoms with Crippen LogP contribution >= 0.6 is 0 Å². The number of aryl methyl sites for hydroxylation is 3. The van der Waals surface area contributed by atoms with Crippen LogP contribution in [0.1, 0.15) is 42.3 Å². The van der Waals surface area contributed by atoms with Gasteiger partial charge in [0.15, 0.2) is 0 Å². The van der Waals surface area contributed by atoms with Crippen molar-refractivity contribution in [2.75, 3.05) is 0 Å². The number of pyridine rings is 3. The van der Waals surface area contributed by atoms with Crippen molar-refractivity contribution in [1.82, 2.24) is 15.0 Å². The predicted molar refractivity (Wildman–Crippen MR) is 176 cm³/mol. The normalized spacial score (nSPS) is 10.9. The van der Waals surface area contributed by atoms with Crippen LogP contribution in [0.5, 0.6) is 0 Å². The van der Waals surface area contributed by atoms with Gasteiger partial charge >= 0.3 is 0 Å². The first-order chi connectivity index (χ1) is 21.3. The van der Waals surface area contributed by atoms with Crippen LogP contribution < -0.4 is 0 Å². The van der Waals surface area contributed by atoms with Crippen molar-refractivity contribution in [2.24, 2.45) is 0 Å². The van der Waals surface area contributed by atoms with E-state index < -0.39 is 0 Å². The minimum absolute atomic E-state index is 0. The fraction of sp³-hybridized carbons (Fsp3) is 0.154. The molecule has 0 saturated carbocycles. The second kappa shape index (κ2) is 13.6. The Morgan fingerprint density at radius 3 is 2.27 bits per heavy atom. The SMILES string of the molecule is Cc1ccc(-c2[c-]cc(C(C)C)cc2)nc1C.Cc1ccc2c(n1)oc1c(-c3cc(-c4ccc(F)cc4)ccn3)[c-]ccc12.[Ir]. The Balaban J connectivity index is 0.000000193. The second-order valence-electron chi connectivity index (χ2n) is 11.2. The molecule has 0 unspecified atom stereocenters. The maximum Gasteiger partial charge on any atom is 0.216 e. The third-order valence-corrected chi connectivity index (χ3v) is 7.76. The summed E-state index contributed by atoms with van der Waals surface area (Å²) in [5, 5.41) is 1.96. The molecule has 4 heterocycles. The van der Waals surface area contributed by atoms with E-state index in [1.54, 1.807) is 18.3 Å². The molecule has 0 spiro atoms. The topological polar surface area (TPSA) is 51.8 Å². The zero-order chi connectivity index (χ0) is 30.8. The molecular formula is C39H32FIrN3O-2. The molecule has 4 nitrogen and oxygen atoms in total. The molecule has 0 amide bonds. The third-order valence-electron chi connectivity index (χ3n) is 7.76. The zero-order valence-electron chi connectivity index (χ0n) is 25.8. The summed E-state index contributed by atoms with van der Waals surface area (Å²) >= 11 is 0. The van der Waals surface area contributed by atoms with E-state index in [4.69, 9.17) is 4.42 Å². The van der Waals surface area contributed by atoms with Gasteiger partial charge in [-0.3, -0.25) is 0 Å². The van der Waals surface area contributed by atoms with Crippen LogP contribution in [0.4, 0.5) is 4.39 Å². The Morgan fingerprint density at radius 1 is 0.756 bits per heavy atom. The number of fused-ring (bicyclic) bond motifs is 3. The van der Waals surface area contributed by atoms with E-state index in [0.717, 1.165) is 55.8 Å². The van der Waals surface area contributed by atoms with Crippen molar-refractivity contribution < 1.29 is 28.9 Å². The van der Waals surface area contributed by atoms with E-state index in [0.29, 0.717) is 17.2 Å². The van der Waals surface area contributed by atoms with Crippen molar-refractivity contribution in [1.29, 1.82) is 0 Å². The minimum Gasteiger partial charge on any atom is -0.486 e. The number of hydrogen-bond acceptors (Lipinski definition) is 4. The number of nitrogens with zero attached hydrogens (tertiary/aromatic N) is 3. The van der Waals surface area contributed by atoms with Gasteiger partial charge in [0, 0.05) is 43.1 Å². The van der Waals surface area contributed by atoms with Gasteiger partial charge in [-0.1, -0.05) is 61.0 Å². The molecule has 0 bridgehead atoms. The van der Waals surface area contributed by atoms with Crippen LogP contribution in [-0.4, -0.2) is 15.0 Å². The number of halogens is 1. The molecule has 3 aromatic carbocycles. The molecule has 0 N–H and O–H groups in total. The first-order valence-corrected chi connectivity index (χ1v) is 14.7. The Kier molecular flexibility index (Phi) is 9.67. The molecule has 1 radical (unpaired) electrons. The average Bonchev–Trinajstić information content (AvgIpc) is 3.41. The smallest absolute Gasteiger partial charge is 0.216 e. The van der Waals surface area contributed by atoms with Crippen molar-refractivity contribution >= 4 is 22.1 Å². The first kappa shape index (κ1) is 31.9. The molecule has 0 saturated heterocycles. The van der Waals surface area contributed by atoms with Gasteiger partial charge in [-0.15, -0.1) is 53.6 Å². The van der Waals surface area contributed by atoms with Gasteiger partial charge < -0.3 is 14.4 Å². The van der Waals surface area contributed by atoms with Crippen LogP contribution in [0.2, 0.25) is 0 Å². The number of benzene rings is 3. The molecule has 45 heavy (non-hydrogen) atoms. The molecular weight excluding hydrogens is 738 g/mol. The Bertz CT molecular complexity index is 2080. The summed E-state index contributed by atoms with van der Waals surface area (Å²) in [6, 6.07) is 35.2. The van der Waals surface area contributed by atoms with Crippen LogP contribution in [0.15, 0.2) is 102 Å². The quantitative estimate of drug-likeness (QED) is 0.167. The van der Waals surface area contributed by atoms with Gasteiger partial charge in [-0.05, 0) is 79.2 Å². The molecule has 0 atom stereocenters. The number of rotatable bonds is 4. The summed E-state index contributed by atoms with van der Waals surface area (Å²) in [5.74, 6) is 0.296. The Hall–Kier alpha value is -4.51. The van der Waals surface area contributed by atoms with E-state index in [1.165, 1.54) is 23.3 Å². The summed E-state index contributed by atoms with van der Waals surface area (Å²) in [5.41, 5.74) is 11.4. The molecule has 4 aromatic heterocycles. The molecule has 7 rings (SSSR count). The maximum atomic E-state index is 13.2. The van der Waals surface area contributed by atoms with Gasteiger partial charge in [-0.25, -0.2) is 9.37 Å². The van der Waals surface area contributed by atoms with E-state index in [9.17, 15) is 4.39 Å². The summed E-state index contributed by atoms with van der Waals surface area (Å²) < 4.78 is 19.3. The van der Waals surface area contributed by atoms with Crippen LogP contribution in [0.3, 0.4) is 0 Å². The minimum atomic E-state index is -0.254. The molecule has 0 aliphatic heterocycles. The van der Waals surface area contributed by atoms with E-state index in [1.807, 2.05) is 50.2 Å². The largest absolute Gasteiger partial charge is 0.486 e. The second-order valence-corrected chi connectivity index (χ2v) is 11.2. The van der Waals surface area contributed by atoms with Gasteiger partial charge in [0.1, 0.15) is 5.82 Å². The van der Waals surface area contributed by atoms with E-state index >= 15 is 0 Å². The van der Waals surface area contributed by atoms with E-state index in [-0.39, 0.29) is 25.9 Å². The molecule has 0 fully saturated rings. The standard InChI is InChI=1S/C23H14FN2O.C16H18N.Ir/c1-14-5-10-19-18-3-2-4-20(22(18)27-23(19)26-14)21-13-16(11-12-25-21)15-6-8-17(24)9-7-15;1-11(2)14-6-8-15(9-7-14)16-10-5-12(3)13(4)17-16;/h2-3,5-13H,1H3;5-8,10-11H,1-4H3;/q2*-1;. The monoisotopic (exact) mass is 770 g/mol. The molecule has 0 aliphatic rings. The van der Waals surface area contributed by atoms with Crippen molar-refractivity contribution in [3.8, 4) is 33.6 Å². The molecule has 6 heteroatoms. The van der Waals surface area contributed by atoms with Gasteiger partial charge in [0.2, 0.25) is 5.71 Å². The Morgan fingerprint density at radius 2 is 1.56 bits per heavy atom. The zero-order valence-corrected chi connectivity index (χ0v) is 28.2. The third kappa shape index (κ3) is 6.93. The van der Waals surface area contributed by atoms with Crippen LogP contribution in [-0.2, 0) is 20.1 Å². The molecule has 227 valence electrons. The summed E-state index contributed by atoms with van der Waals surface area (Å²) in [4.78, 5) is 13.6. The van der Waals surface area contributed by atoms with Crippen molar-refractivity contribution in [3.63, 3.8) is 0 Å². The first-order valence-electron chi connectivity index (χ1n) is 14.7. The van der Waals surface area contributed by atoms with Crippen LogP contribution in [0, 0.1) is 38.7 Å². The van der Waals surface area contributed by atoms with E-state index in [2.05, 4.69) is 78.2 Å². The maximum absolute atomic E-state index is 13.2. The van der Waals surface area contributed by atoms with Gasteiger partial charge in [-0.2, -0.15) is 0 Å². The summed E-state index contributed by atoms with van der Waals surface area (Å²) in [7, 11) is 0. The van der Waals surface area contributed by atoms with Crippen molar-refractivity contribution in [2.45, 2.75) is 40.5 Å². The predicted octanol–water partition coefficient (Wildman–Crippen LogP) is 10.2. The van der Waals surface area contributed by atoms with Crippen molar-refractivity contribution in [3.05, 3.63) is 138 Å². The summed E-state index contributed by atoms with van der Waals surface area (Å²) in [6.07, 6.45) is 1.74. The number of aromatic nitrogens is 3.